The number of hydrogen-bond acceptors (Lipinski definition) is 6. The van der Waals surface area contributed by atoms with Crippen molar-refractivity contribution in [2.24, 2.45) is 0 Å². The summed E-state index contributed by atoms with van der Waals surface area (Å²) in [6, 6.07) is 15.7. The van der Waals surface area contributed by atoms with E-state index < -0.39 is 21.8 Å². The van der Waals surface area contributed by atoms with Gasteiger partial charge in [0, 0.05) is 23.5 Å². The van der Waals surface area contributed by atoms with Gasteiger partial charge in [-0.25, -0.2) is 27.3 Å². The summed E-state index contributed by atoms with van der Waals surface area (Å²) in [6.07, 6.45) is -1.73. The first-order chi connectivity index (χ1) is 17.1. The zero-order valence-electron chi connectivity index (χ0n) is 18.7. The van der Waals surface area contributed by atoms with Gasteiger partial charge in [-0.05, 0) is 48.9 Å². The molecule has 7 nitrogen and oxygen atoms in total. The van der Waals surface area contributed by atoms with Crippen LogP contribution in [-0.4, -0.2) is 27.3 Å². The quantitative estimate of drug-likeness (QED) is 0.352. The number of pyridine rings is 1. The van der Waals surface area contributed by atoms with Gasteiger partial charge in [-0.3, -0.25) is 0 Å². The van der Waals surface area contributed by atoms with Crippen LogP contribution in [0.4, 0.5) is 19.0 Å². The van der Waals surface area contributed by atoms with Crippen molar-refractivity contribution < 1.29 is 21.6 Å². The van der Waals surface area contributed by atoms with Gasteiger partial charge in [-0.1, -0.05) is 30.3 Å². The predicted octanol–water partition coefficient (Wildman–Crippen LogP) is 5.31. The molecule has 0 atom stereocenters. The molecule has 0 bridgehead atoms. The van der Waals surface area contributed by atoms with Crippen molar-refractivity contribution in [3.05, 3.63) is 90.5 Å². The fraction of sp³-hybridized carbons (Fsp3) is 0.0800. The number of fused-ring (bicyclic) bond motifs is 1. The van der Waals surface area contributed by atoms with Gasteiger partial charge in [0.1, 0.15) is 11.6 Å². The van der Waals surface area contributed by atoms with Crippen molar-refractivity contribution in [3.8, 4) is 22.4 Å². The summed E-state index contributed by atoms with van der Waals surface area (Å²) in [5, 5.41) is 0.269. The number of benzene rings is 2. The van der Waals surface area contributed by atoms with E-state index in [2.05, 4.69) is 15.0 Å². The molecule has 0 radical (unpaired) electrons. The van der Waals surface area contributed by atoms with Gasteiger partial charge >= 0.3 is 6.18 Å². The normalized spacial score (nSPS) is 12.2. The Labute approximate surface area is 204 Å². The molecule has 0 spiro atoms. The highest BCUT2D eigenvalue weighted by Gasteiger charge is 2.31. The largest absolute Gasteiger partial charge is 0.416 e. The van der Waals surface area contributed by atoms with Gasteiger partial charge in [0.05, 0.1) is 21.5 Å². The first kappa shape index (κ1) is 23.5. The van der Waals surface area contributed by atoms with Gasteiger partial charge < -0.3 is 5.73 Å². The number of halogens is 3. The van der Waals surface area contributed by atoms with Gasteiger partial charge in [-0.2, -0.15) is 13.2 Å². The minimum atomic E-state index is -4.57. The zero-order chi connectivity index (χ0) is 25.7. The summed E-state index contributed by atoms with van der Waals surface area (Å²) in [6.45, 7) is 1.55. The SMILES string of the molecule is Cc1nc(-c2cccc(C(F)(F)F)c2)c2c(-c3ccnc(N)c3)cn(S(=O)(=O)c3ccccc3)c2n1. The molecule has 5 aromatic rings. The Morgan fingerprint density at radius 1 is 0.917 bits per heavy atom. The van der Waals surface area contributed by atoms with Crippen LogP contribution in [0.25, 0.3) is 33.4 Å². The topological polar surface area (TPSA) is 104 Å². The molecule has 11 heteroatoms. The lowest BCUT2D eigenvalue weighted by Gasteiger charge is -2.11. The molecule has 2 N–H and O–H groups in total. The van der Waals surface area contributed by atoms with Crippen molar-refractivity contribution in [2.75, 3.05) is 5.73 Å². The summed E-state index contributed by atoms with van der Waals surface area (Å²) >= 11 is 0. The molecule has 0 aliphatic heterocycles. The van der Waals surface area contributed by atoms with Crippen molar-refractivity contribution in [1.82, 2.24) is 18.9 Å². The monoisotopic (exact) mass is 509 g/mol. The summed E-state index contributed by atoms with van der Waals surface area (Å²) in [5.41, 5.74) is 6.27. The molecule has 0 aliphatic rings. The molecular weight excluding hydrogens is 491 g/mol. The maximum absolute atomic E-state index is 13.6. The second kappa shape index (κ2) is 8.45. The Balaban J connectivity index is 1.89. The zero-order valence-corrected chi connectivity index (χ0v) is 19.5. The molecular formula is C25H18F3N5O2S. The summed E-state index contributed by atoms with van der Waals surface area (Å²) in [4.78, 5) is 12.8. The minimum absolute atomic E-state index is 0.0274. The Morgan fingerprint density at radius 3 is 2.36 bits per heavy atom. The number of rotatable bonds is 4. The van der Waals surface area contributed by atoms with Crippen LogP contribution >= 0.6 is 0 Å². The Kier molecular flexibility index (Phi) is 5.51. The molecule has 2 aromatic carbocycles. The first-order valence-corrected chi connectivity index (χ1v) is 12.1. The van der Waals surface area contributed by atoms with Crippen LogP contribution in [0.3, 0.4) is 0 Å². The fourth-order valence-electron chi connectivity index (χ4n) is 3.98. The van der Waals surface area contributed by atoms with E-state index in [0.717, 1.165) is 16.1 Å². The minimum Gasteiger partial charge on any atom is -0.384 e. The van der Waals surface area contributed by atoms with Crippen LogP contribution in [0.5, 0.6) is 0 Å². The van der Waals surface area contributed by atoms with Crippen LogP contribution < -0.4 is 5.73 Å². The van der Waals surface area contributed by atoms with Crippen LogP contribution in [0.2, 0.25) is 0 Å². The van der Waals surface area contributed by atoms with Crippen LogP contribution in [0, 0.1) is 6.92 Å². The molecule has 3 heterocycles. The Morgan fingerprint density at radius 2 is 1.67 bits per heavy atom. The number of alkyl halides is 3. The maximum Gasteiger partial charge on any atom is 0.416 e. The van der Waals surface area contributed by atoms with E-state index in [1.807, 2.05) is 0 Å². The number of nitrogens with zero attached hydrogens (tertiary/aromatic N) is 4. The highest BCUT2D eigenvalue weighted by Crippen LogP contribution is 2.39. The van der Waals surface area contributed by atoms with Crippen molar-refractivity contribution in [2.45, 2.75) is 18.0 Å². The average Bonchev–Trinajstić information content (AvgIpc) is 3.24. The molecule has 3 aromatic heterocycles. The van der Waals surface area contributed by atoms with E-state index in [4.69, 9.17) is 5.73 Å². The molecule has 0 unspecified atom stereocenters. The van der Waals surface area contributed by atoms with E-state index in [1.165, 1.54) is 36.7 Å². The van der Waals surface area contributed by atoms with Crippen LogP contribution in [0.1, 0.15) is 11.4 Å². The lowest BCUT2D eigenvalue weighted by Crippen LogP contribution is -2.13. The predicted molar refractivity (Wildman–Crippen MR) is 129 cm³/mol. The second-order valence-corrected chi connectivity index (χ2v) is 9.84. The molecule has 0 saturated carbocycles. The smallest absolute Gasteiger partial charge is 0.384 e. The molecule has 0 aliphatic carbocycles. The second-order valence-electron chi connectivity index (χ2n) is 8.02. The standard InChI is InChI=1S/C25H18F3N5O2S/c1-15-31-23(17-6-5-7-18(12-17)25(26,27)28)22-20(16-10-11-30-21(29)13-16)14-33(24(22)32-15)36(34,35)19-8-3-2-4-9-19/h2-14H,1H3,(H2,29,30). The van der Waals surface area contributed by atoms with Crippen molar-refractivity contribution in [3.63, 3.8) is 0 Å². The highest BCUT2D eigenvalue weighted by molar-refractivity contribution is 7.90. The lowest BCUT2D eigenvalue weighted by atomic mass is 10.0. The van der Waals surface area contributed by atoms with E-state index in [-0.39, 0.29) is 38.8 Å². The Bertz CT molecular complexity index is 1720. The van der Waals surface area contributed by atoms with Crippen molar-refractivity contribution in [1.29, 1.82) is 0 Å². The molecule has 0 fully saturated rings. The summed E-state index contributed by atoms with van der Waals surface area (Å²) < 4.78 is 68.7. The summed E-state index contributed by atoms with van der Waals surface area (Å²) in [7, 11) is -4.11. The fourth-order valence-corrected chi connectivity index (χ4v) is 5.32. The number of anilines is 1. The third-order valence-corrected chi connectivity index (χ3v) is 7.25. The van der Waals surface area contributed by atoms with Gasteiger partial charge in [0.25, 0.3) is 10.0 Å². The van der Waals surface area contributed by atoms with E-state index >= 15 is 0 Å². The van der Waals surface area contributed by atoms with Crippen LogP contribution in [0.15, 0.2) is 84.0 Å². The molecule has 182 valence electrons. The lowest BCUT2D eigenvalue weighted by molar-refractivity contribution is -0.137. The highest BCUT2D eigenvalue weighted by atomic mass is 32.2. The molecule has 0 saturated heterocycles. The van der Waals surface area contributed by atoms with E-state index in [1.54, 1.807) is 37.3 Å². The van der Waals surface area contributed by atoms with Crippen molar-refractivity contribution >= 4 is 26.9 Å². The maximum atomic E-state index is 13.6. The van der Waals surface area contributed by atoms with E-state index in [9.17, 15) is 21.6 Å². The van der Waals surface area contributed by atoms with Gasteiger partial charge in [0.15, 0.2) is 5.65 Å². The third kappa shape index (κ3) is 4.07. The number of nitrogen functional groups attached to an aromatic ring is 1. The van der Waals surface area contributed by atoms with Crippen LogP contribution in [-0.2, 0) is 16.2 Å². The number of nitrogens with two attached hydrogens (primary N) is 1. The molecule has 36 heavy (non-hydrogen) atoms. The third-order valence-electron chi connectivity index (χ3n) is 5.58. The Hall–Kier alpha value is -4.25. The molecule has 5 rings (SSSR count). The number of hydrogen-bond donors (Lipinski definition) is 1. The van der Waals surface area contributed by atoms with E-state index in [0.29, 0.717) is 11.1 Å². The molecule has 0 amide bonds. The number of aryl methyl sites for hydroxylation is 1. The summed E-state index contributed by atoms with van der Waals surface area (Å²) in [5.74, 6) is 0.381. The number of aromatic nitrogens is 4. The van der Waals surface area contributed by atoms with Gasteiger partial charge in [0.2, 0.25) is 0 Å². The first-order valence-electron chi connectivity index (χ1n) is 10.7. The van der Waals surface area contributed by atoms with Gasteiger partial charge in [-0.15, -0.1) is 0 Å². The average molecular weight is 510 g/mol.